The maximum atomic E-state index is 12.5. The normalized spacial score (nSPS) is 24.6. The van der Waals surface area contributed by atoms with Crippen molar-refractivity contribution in [2.24, 2.45) is 11.8 Å². The molecule has 1 heterocycles. The molecule has 1 fully saturated rings. The molecule has 4 heteroatoms. The molecule has 2 atom stereocenters. The van der Waals surface area contributed by atoms with E-state index in [1.807, 2.05) is 0 Å². The lowest BCUT2D eigenvalue weighted by Gasteiger charge is -2.44. The lowest BCUT2D eigenvalue weighted by molar-refractivity contribution is -0.154. The zero-order chi connectivity index (χ0) is 14.8. The smallest absolute Gasteiger partial charge is 0.248 e. The lowest BCUT2D eigenvalue weighted by Crippen LogP contribution is -2.68. The van der Waals surface area contributed by atoms with Gasteiger partial charge in [-0.05, 0) is 32.1 Å². The van der Waals surface area contributed by atoms with Gasteiger partial charge in [-0.25, -0.2) is 0 Å². The fourth-order valence-electron chi connectivity index (χ4n) is 2.44. The molecule has 0 aromatic heterocycles. The Balaban J connectivity index is 2.98. The summed E-state index contributed by atoms with van der Waals surface area (Å²) in [6.45, 7) is 12.6. The molecule has 1 rings (SSSR count). The van der Waals surface area contributed by atoms with Crippen molar-refractivity contribution in [2.75, 3.05) is 6.54 Å². The Bertz CT molecular complexity index is 350. The lowest BCUT2D eigenvalue weighted by atomic mass is 9.91. The van der Waals surface area contributed by atoms with E-state index in [9.17, 15) is 9.59 Å². The molecular weight excluding hydrogens is 240 g/mol. The van der Waals surface area contributed by atoms with Crippen molar-refractivity contribution in [3.05, 3.63) is 0 Å². The van der Waals surface area contributed by atoms with E-state index in [-0.39, 0.29) is 17.9 Å². The van der Waals surface area contributed by atoms with E-state index < -0.39 is 5.54 Å². The van der Waals surface area contributed by atoms with Crippen molar-refractivity contribution in [3.8, 4) is 0 Å². The van der Waals surface area contributed by atoms with Crippen LogP contribution in [0.2, 0.25) is 0 Å². The highest BCUT2D eigenvalue weighted by Gasteiger charge is 2.45. The number of piperazine rings is 1. The third-order valence-corrected chi connectivity index (χ3v) is 3.81. The Morgan fingerprint density at radius 1 is 1.26 bits per heavy atom. The maximum absolute atomic E-state index is 12.5. The van der Waals surface area contributed by atoms with Gasteiger partial charge in [0.1, 0.15) is 11.6 Å². The molecule has 0 saturated carbocycles. The van der Waals surface area contributed by atoms with Crippen LogP contribution in [0.3, 0.4) is 0 Å². The van der Waals surface area contributed by atoms with Gasteiger partial charge in [-0.15, -0.1) is 0 Å². The number of amides is 2. The topological polar surface area (TPSA) is 49.4 Å². The predicted octanol–water partition coefficient (Wildman–Crippen LogP) is 2.18. The van der Waals surface area contributed by atoms with Crippen LogP contribution in [0.4, 0.5) is 0 Å². The Kier molecular flexibility index (Phi) is 4.99. The van der Waals surface area contributed by atoms with Crippen molar-refractivity contribution in [2.45, 2.75) is 66.0 Å². The maximum Gasteiger partial charge on any atom is 0.248 e. The predicted molar refractivity (Wildman–Crippen MR) is 76.6 cm³/mol. The highest BCUT2D eigenvalue weighted by atomic mass is 16.2. The Morgan fingerprint density at radius 3 is 2.32 bits per heavy atom. The largest absolute Gasteiger partial charge is 0.340 e. The molecule has 4 nitrogen and oxygen atoms in total. The van der Waals surface area contributed by atoms with Crippen LogP contribution in [0.1, 0.15) is 54.4 Å². The average Bonchev–Trinajstić information content (AvgIpc) is 2.29. The summed E-state index contributed by atoms with van der Waals surface area (Å²) in [5.41, 5.74) is -0.780. The second-order valence-electron chi connectivity index (χ2n) is 6.73. The Morgan fingerprint density at radius 2 is 1.84 bits per heavy atom. The molecule has 1 saturated heterocycles. The first-order valence-electron chi connectivity index (χ1n) is 7.32. The molecule has 2 amide bonds. The third kappa shape index (κ3) is 3.71. The number of hydrogen-bond acceptors (Lipinski definition) is 2. The Labute approximate surface area is 116 Å². The standard InChI is InChI=1S/C15H28N2O2/c1-7-11(4)9-17-12(8-10(2)3)13(18)16-15(5,6)14(17)19/h10-12H,7-9H2,1-6H3,(H,16,18). The zero-order valence-corrected chi connectivity index (χ0v) is 13.1. The number of nitrogens with zero attached hydrogens (tertiary/aromatic N) is 1. The second-order valence-corrected chi connectivity index (χ2v) is 6.73. The minimum Gasteiger partial charge on any atom is -0.340 e. The fourth-order valence-corrected chi connectivity index (χ4v) is 2.44. The van der Waals surface area contributed by atoms with E-state index >= 15 is 0 Å². The van der Waals surface area contributed by atoms with Crippen LogP contribution in [0.15, 0.2) is 0 Å². The fraction of sp³-hybridized carbons (Fsp3) is 0.867. The van der Waals surface area contributed by atoms with Gasteiger partial charge in [0, 0.05) is 6.54 Å². The molecule has 0 radical (unpaired) electrons. The van der Waals surface area contributed by atoms with Crippen molar-refractivity contribution in [1.29, 1.82) is 0 Å². The molecule has 1 aliphatic rings. The van der Waals surface area contributed by atoms with Crippen molar-refractivity contribution in [3.63, 3.8) is 0 Å². The summed E-state index contributed by atoms with van der Waals surface area (Å²) < 4.78 is 0. The minimum atomic E-state index is -0.780. The number of carbonyl (C=O) groups is 2. The van der Waals surface area contributed by atoms with Crippen LogP contribution < -0.4 is 5.32 Å². The van der Waals surface area contributed by atoms with Gasteiger partial charge in [0.15, 0.2) is 0 Å². The second kappa shape index (κ2) is 5.93. The van der Waals surface area contributed by atoms with Crippen molar-refractivity contribution < 1.29 is 9.59 Å². The molecule has 19 heavy (non-hydrogen) atoms. The van der Waals surface area contributed by atoms with Crippen molar-refractivity contribution >= 4 is 11.8 Å². The summed E-state index contributed by atoms with van der Waals surface area (Å²) in [5.74, 6) is 0.837. The third-order valence-electron chi connectivity index (χ3n) is 3.81. The van der Waals surface area contributed by atoms with Gasteiger partial charge in [-0.3, -0.25) is 9.59 Å². The van der Waals surface area contributed by atoms with Gasteiger partial charge < -0.3 is 10.2 Å². The summed E-state index contributed by atoms with van der Waals surface area (Å²) >= 11 is 0. The number of carbonyl (C=O) groups excluding carboxylic acids is 2. The number of rotatable bonds is 5. The van der Waals surface area contributed by atoms with Gasteiger partial charge in [0.2, 0.25) is 11.8 Å². The van der Waals surface area contributed by atoms with E-state index in [0.29, 0.717) is 18.4 Å². The van der Waals surface area contributed by atoms with E-state index in [1.165, 1.54) is 0 Å². The summed E-state index contributed by atoms with van der Waals surface area (Å²) in [6.07, 6.45) is 1.74. The highest BCUT2D eigenvalue weighted by molar-refractivity contribution is 5.99. The van der Waals surface area contributed by atoms with Crippen LogP contribution in [-0.2, 0) is 9.59 Å². The van der Waals surface area contributed by atoms with Gasteiger partial charge >= 0.3 is 0 Å². The van der Waals surface area contributed by atoms with E-state index in [2.05, 4.69) is 33.0 Å². The molecule has 0 bridgehead atoms. The Hall–Kier alpha value is -1.06. The van der Waals surface area contributed by atoms with Crippen molar-refractivity contribution in [1.82, 2.24) is 10.2 Å². The molecule has 1 aliphatic heterocycles. The van der Waals surface area contributed by atoms with Gasteiger partial charge in [0.25, 0.3) is 0 Å². The first kappa shape index (κ1) is 16.0. The van der Waals surface area contributed by atoms with E-state index in [1.54, 1.807) is 18.7 Å². The summed E-state index contributed by atoms with van der Waals surface area (Å²) in [7, 11) is 0. The summed E-state index contributed by atoms with van der Waals surface area (Å²) in [6, 6.07) is -0.311. The van der Waals surface area contributed by atoms with E-state index in [4.69, 9.17) is 0 Å². The molecule has 1 N–H and O–H groups in total. The summed E-state index contributed by atoms with van der Waals surface area (Å²) in [5, 5.41) is 2.85. The van der Waals surface area contributed by atoms with E-state index in [0.717, 1.165) is 12.8 Å². The van der Waals surface area contributed by atoms with Gasteiger partial charge in [0.05, 0.1) is 0 Å². The highest BCUT2D eigenvalue weighted by Crippen LogP contribution is 2.24. The molecular formula is C15H28N2O2. The number of nitrogens with one attached hydrogen (secondary N) is 1. The first-order valence-corrected chi connectivity index (χ1v) is 7.32. The van der Waals surface area contributed by atoms with Crippen LogP contribution in [0, 0.1) is 11.8 Å². The summed E-state index contributed by atoms with van der Waals surface area (Å²) in [4.78, 5) is 26.6. The van der Waals surface area contributed by atoms with Crippen LogP contribution in [0.5, 0.6) is 0 Å². The van der Waals surface area contributed by atoms with Crippen LogP contribution >= 0.6 is 0 Å². The molecule has 0 aromatic carbocycles. The van der Waals surface area contributed by atoms with Crippen LogP contribution in [-0.4, -0.2) is 34.8 Å². The SMILES string of the molecule is CCC(C)CN1C(=O)C(C)(C)NC(=O)C1CC(C)C. The molecule has 0 aromatic rings. The molecule has 110 valence electrons. The zero-order valence-electron chi connectivity index (χ0n) is 13.1. The molecule has 0 spiro atoms. The van der Waals surface area contributed by atoms with Gasteiger partial charge in [-0.1, -0.05) is 34.1 Å². The monoisotopic (exact) mass is 268 g/mol. The van der Waals surface area contributed by atoms with Crippen LogP contribution in [0.25, 0.3) is 0 Å². The number of hydrogen-bond donors (Lipinski definition) is 1. The molecule has 0 aliphatic carbocycles. The van der Waals surface area contributed by atoms with Gasteiger partial charge in [-0.2, -0.15) is 0 Å². The molecule has 2 unspecified atom stereocenters. The minimum absolute atomic E-state index is 0.0124. The average molecular weight is 268 g/mol. The quantitative estimate of drug-likeness (QED) is 0.831. The first-order chi connectivity index (χ1) is 8.69.